The third-order valence-corrected chi connectivity index (χ3v) is 18.7. The first-order valence-corrected chi connectivity index (χ1v) is 38.7. The molecular weight excluding hydrogens is 1080 g/mol. The summed E-state index contributed by atoms with van der Waals surface area (Å²) in [5.41, 5.74) is 0. The van der Waals surface area contributed by atoms with Gasteiger partial charge in [-0.25, -0.2) is 0 Å². The molecule has 1 aliphatic rings. The van der Waals surface area contributed by atoms with E-state index in [-0.39, 0.29) is 12.5 Å². The fraction of sp³-hybridized carbons (Fsp3) is 0.910. The fourth-order valence-corrected chi connectivity index (χ4v) is 12.7. The van der Waals surface area contributed by atoms with Crippen LogP contribution in [0.2, 0.25) is 0 Å². The van der Waals surface area contributed by atoms with Crippen LogP contribution in [-0.2, 0) is 14.3 Å². The van der Waals surface area contributed by atoms with E-state index in [0.717, 1.165) is 51.4 Å². The fourth-order valence-electron chi connectivity index (χ4n) is 12.7. The van der Waals surface area contributed by atoms with E-state index in [4.69, 9.17) is 9.47 Å². The second kappa shape index (κ2) is 67.3. The summed E-state index contributed by atoms with van der Waals surface area (Å²) < 4.78 is 11.4. The summed E-state index contributed by atoms with van der Waals surface area (Å²) in [4.78, 5) is 13.2. The number of carbonyl (C=O) groups excluding carboxylic acids is 1. The van der Waals surface area contributed by atoms with Gasteiger partial charge in [-0.05, 0) is 51.4 Å². The van der Waals surface area contributed by atoms with Crippen molar-refractivity contribution in [3.05, 3.63) is 36.5 Å². The Morgan fingerprint density at radius 1 is 0.391 bits per heavy atom. The standard InChI is InChI=1S/C78H149NO8/c1-3-5-7-9-11-13-15-17-19-21-23-25-27-29-30-31-32-33-34-35-36-37-38-39-40-41-42-44-46-48-50-52-54-56-58-60-62-64-66-68-74(82)79-71(70-86-78-77(85)76(84)75(83)73(69-80)87-78)72(81)67-65-63-61-59-57-55-53-51-49-47-45-43-28-26-24-22-20-18-16-14-12-10-8-6-4-2/h15,17,21,23,27,29,71-73,75-78,80-81,83-85H,3-14,16,18-20,22,24-26,28,30-70H2,1-2H3,(H,79,82)/b17-15-,23-21-,29-27-. The molecule has 0 saturated carbocycles. The highest BCUT2D eigenvalue weighted by Gasteiger charge is 2.44. The lowest BCUT2D eigenvalue weighted by atomic mass is 9.99. The molecule has 6 N–H and O–H groups in total. The monoisotopic (exact) mass is 1230 g/mol. The highest BCUT2D eigenvalue weighted by atomic mass is 16.7. The first-order chi connectivity index (χ1) is 42.8. The van der Waals surface area contributed by atoms with Crippen molar-refractivity contribution in [3.63, 3.8) is 0 Å². The Hall–Kier alpha value is -1.59. The molecule has 7 atom stereocenters. The third-order valence-electron chi connectivity index (χ3n) is 18.7. The molecule has 0 aromatic heterocycles. The largest absolute Gasteiger partial charge is 0.394 e. The predicted molar refractivity (Wildman–Crippen MR) is 373 cm³/mol. The van der Waals surface area contributed by atoms with Gasteiger partial charge >= 0.3 is 0 Å². The molecule has 0 radical (unpaired) electrons. The Bertz CT molecular complexity index is 1470. The number of aliphatic hydroxyl groups excluding tert-OH is 5. The van der Waals surface area contributed by atoms with Crippen molar-refractivity contribution in [3.8, 4) is 0 Å². The van der Waals surface area contributed by atoms with E-state index in [2.05, 4.69) is 55.6 Å². The van der Waals surface area contributed by atoms with Gasteiger partial charge in [-0.3, -0.25) is 4.79 Å². The Labute approximate surface area is 540 Å². The summed E-state index contributed by atoms with van der Waals surface area (Å²) in [7, 11) is 0. The molecule has 514 valence electrons. The van der Waals surface area contributed by atoms with Gasteiger partial charge in [-0.2, -0.15) is 0 Å². The van der Waals surface area contributed by atoms with E-state index in [9.17, 15) is 30.3 Å². The van der Waals surface area contributed by atoms with E-state index >= 15 is 0 Å². The first kappa shape index (κ1) is 83.4. The molecule has 1 rings (SSSR count). The summed E-state index contributed by atoms with van der Waals surface area (Å²) in [5, 5.41) is 55.0. The van der Waals surface area contributed by atoms with E-state index < -0.39 is 49.5 Å². The summed E-state index contributed by atoms with van der Waals surface area (Å²) >= 11 is 0. The van der Waals surface area contributed by atoms with Crippen molar-refractivity contribution in [1.29, 1.82) is 0 Å². The van der Waals surface area contributed by atoms with Gasteiger partial charge < -0.3 is 40.3 Å². The average Bonchev–Trinajstić information content (AvgIpc) is 3.38. The number of hydrogen-bond donors (Lipinski definition) is 6. The Morgan fingerprint density at radius 2 is 0.678 bits per heavy atom. The smallest absolute Gasteiger partial charge is 0.220 e. The van der Waals surface area contributed by atoms with Crippen LogP contribution in [0.3, 0.4) is 0 Å². The van der Waals surface area contributed by atoms with E-state index in [1.54, 1.807) is 0 Å². The first-order valence-electron chi connectivity index (χ1n) is 38.7. The normalized spacial score (nSPS) is 18.1. The van der Waals surface area contributed by atoms with Gasteiger partial charge in [-0.15, -0.1) is 0 Å². The Balaban J connectivity index is 2.04. The molecule has 1 fully saturated rings. The molecule has 1 saturated heterocycles. The maximum Gasteiger partial charge on any atom is 0.220 e. The Kier molecular flexibility index (Phi) is 64.5. The molecule has 1 amide bonds. The lowest BCUT2D eigenvalue weighted by molar-refractivity contribution is -0.302. The van der Waals surface area contributed by atoms with Gasteiger partial charge in [-0.1, -0.05) is 378 Å². The minimum absolute atomic E-state index is 0.133. The number of unbranched alkanes of at least 4 members (excludes halogenated alkanes) is 53. The van der Waals surface area contributed by atoms with E-state index in [0.29, 0.717) is 12.8 Å². The van der Waals surface area contributed by atoms with Gasteiger partial charge in [0.1, 0.15) is 24.4 Å². The number of aliphatic hydroxyl groups is 5. The van der Waals surface area contributed by atoms with Crippen LogP contribution in [0.4, 0.5) is 0 Å². The molecule has 0 aromatic carbocycles. The van der Waals surface area contributed by atoms with Crippen LogP contribution >= 0.6 is 0 Å². The van der Waals surface area contributed by atoms with E-state index in [1.165, 1.54) is 321 Å². The zero-order chi connectivity index (χ0) is 62.8. The van der Waals surface area contributed by atoms with Gasteiger partial charge in [0, 0.05) is 6.42 Å². The minimum Gasteiger partial charge on any atom is -0.394 e. The van der Waals surface area contributed by atoms with E-state index in [1.807, 2.05) is 0 Å². The second-order valence-electron chi connectivity index (χ2n) is 27.2. The lowest BCUT2D eigenvalue weighted by Crippen LogP contribution is -2.60. The zero-order valence-corrected chi connectivity index (χ0v) is 57.8. The van der Waals surface area contributed by atoms with Gasteiger partial charge in [0.05, 0.1) is 25.4 Å². The lowest BCUT2D eigenvalue weighted by Gasteiger charge is -2.40. The van der Waals surface area contributed by atoms with Crippen molar-refractivity contribution in [2.24, 2.45) is 0 Å². The van der Waals surface area contributed by atoms with Crippen molar-refractivity contribution >= 4 is 5.91 Å². The number of ether oxygens (including phenoxy) is 2. The molecule has 0 aromatic rings. The van der Waals surface area contributed by atoms with Crippen LogP contribution in [0.5, 0.6) is 0 Å². The van der Waals surface area contributed by atoms with Crippen molar-refractivity contribution < 1.29 is 39.8 Å². The van der Waals surface area contributed by atoms with Crippen LogP contribution in [-0.4, -0.2) is 87.5 Å². The Morgan fingerprint density at radius 3 is 1.00 bits per heavy atom. The molecule has 0 spiro atoms. The van der Waals surface area contributed by atoms with Crippen LogP contribution in [0.1, 0.15) is 399 Å². The number of nitrogens with one attached hydrogen (secondary N) is 1. The second-order valence-corrected chi connectivity index (χ2v) is 27.2. The molecule has 0 bridgehead atoms. The molecule has 9 nitrogen and oxygen atoms in total. The highest BCUT2D eigenvalue weighted by Crippen LogP contribution is 2.24. The van der Waals surface area contributed by atoms with Gasteiger partial charge in [0.15, 0.2) is 6.29 Å². The summed E-state index contributed by atoms with van der Waals surface area (Å²) in [6.07, 6.45) is 83.9. The third kappa shape index (κ3) is 55.7. The summed E-state index contributed by atoms with van der Waals surface area (Å²) in [6, 6.07) is -0.719. The van der Waals surface area contributed by atoms with Crippen LogP contribution in [0.25, 0.3) is 0 Å². The van der Waals surface area contributed by atoms with Crippen LogP contribution in [0.15, 0.2) is 36.5 Å². The van der Waals surface area contributed by atoms with Crippen molar-refractivity contribution in [2.75, 3.05) is 13.2 Å². The minimum atomic E-state index is -1.55. The van der Waals surface area contributed by atoms with Crippen molar-refractivity contribution in [1.82, 2.24) is 5.32 Å². The number of hydrogen-bond acceptors (Lipinski definition) is 8. The van der Waals surface area contributed by atoms with Crippen LogP contribution in [0, 0.1) is 0 Å². The predicted octanol–water partition coefficient (Wildman–Crippen LogP) is 21.8. The molecule has 1 aliphatic heterocycles. The van der Waals surface area contributed by atoms with Gasteiger partial charge in [0.25, 0.3) is 0 Å². The molecule has 9 heteroatoms. The molecule has 7 unspecified atom stereocenters. The summed E-state index contributed by atoms with van der Waals surface area (Å²) in [6.45, 7) is 3.89. The zero-order valence-electron chi connectivity index (χ0n) is 57.8. The topological polar surface area (TPSA) is 149 Å². The molecular formula is C78H149NO8. The van der Waals surface area contributed by atoms with Crippen molar-refractivity contribution in [2.45, 2.75) is 442 Å². The number of rotatable bonds is 69. The highest BCUT2D eigenvalue weighted by molar-refractivity contribution is 5.76. The number of amides is 1. The average molecular weight is 1230 g/mol. The summed E-state index contributed by atoms with van der Waals surface area (Å²) in [5.74, 6) is -0.135. The SMILES string of the molecule is CCCCCCC/C=C\C/C=C\C/C=C\CCCCCCCCCCCCCCCCCCCCCCCCCCC(=O)NC(COC1OC(CO)C(O)C(O)C1O)C(O)CCCCCCCCCCCCCCCCCCCCCCCCCCC. The maximum absolute atomic E-state index is 13.2. The molecule has 87 heavy (non-hydrogen) atoms. The van der Waals surface area contributed by atoms with Gasteiger partial charge in [0.2, 0.25) is 5.91 Å². The van der Waals surface area contributed by atoms with Crippen LogP contribution < -0.4 is 5.32 Å². The molecule has 0 aliphatic carbocycles. The number of carbonyl (C=O) groups is 1. The quantitative estimate of drug-likeness (QED) is 0.0261. The molecule has 1 heterocycles. The number of allylic oxidation sites excluding steroid dienone is 6. The maximum atomic E-state index is 13.2.